The van der Waals surface area contributed by atoms with Gasteiger partial charge in [-0.25, -0.2) is 0 Å². The van der Waals surface area contributed by atoms with Crippen molar-refractivity contribution in [3.05, 3.63) is 35.9 Å². The first-order valence-electron chi connectivity index (χ1n) is 7.93. The molecule has 1 aliphatic rings. The molecule has 0 bridgehead atoms. The number of amides is 1. The Morgan fingerprint density at radius 2 is 2.14 bits per heavy atom. The van der Waals surface area contributed by atoms with Gasteiger partial charge in [-0.05, 0) is 37.7 Å². The summed E-state index contributed by atoms with van der Waals surface area (Å²) in [6, 6.07) is 10.2. The average Bonchev–Trinajstić information content (AvgIpc) is 2.99. The van der Waals surface area contributed by atoms with E-state index >= 15 is 0 Å². The third-order valence-corrected chi connectivity index (χ3v) is 4.29. The molecule has 2 unspecified atom stereocenters. The average molecular weight is 290 g/mol. The first-order valence-corrected chi connectivity index (χ1v) is 7.93. The first kappa shape index (κ1) is 16.0. The predicted octanol–water partition coefficient (Wildman–Crippen LogP) is 2.23. The van der Waals surface area contributed by atoms with E-state index in [1.54, 1.807) is 0 Å². The van der Waals surface area contributed by atoms with Crippen LogP contribution in [-0.4, -0.2) is 35.1 Å². The highest BCUT2D eigenvalue weighted by molar-refractivity contribution is 5.76. The van der Waals surface area contributed by atoms with Crippen molar-refractivity contribution in [1.82, 2.24) is 4.90 Å². The summed E-state index contributed by atoms with van der Waals surface area (Å²) in [5.41, 5.74) is 7.24. The molecule has 1 fully saturated rings. The lowest BCUT2D eigenvalue weighted by Crippen LogP contribution is -2.35. The van der Waals surface area contributed by atoms with Crippen LogP contribution in [0.3, 0.4) is 0 Å². The van der Waals surface area contributed by atoms with E-state index < -0.39 is 0 Å². The van der Waals surface area contributed by atoms with Gasteiger partial charge in [0.2, 0.25) is 5.91 Å². The van der Waals surface area contributed by atoms with Gasteiger partial charge >= 0.3 is 0 Å². The Morgan fingerprint density at radius 1 is 1.38 bits per heavy atom. The smallest absolute Gasteiger partial charge is 0.222 e. The van der Waals surface area contributed by atoms with E-state index in [1.165, 1.54) is 0 Å². The third-order valence-electron chi connectivity index (χ3n) is 4.29. The molecule has 1 saturated heterocycles. The van der Waals surface area contributed by atoms with Gasteiger partial charge in [-0.15, -0.1) is 0 Å². The molecule has 0 aliphatic carbocycles. The van der Waals surface area contributed by atoms with Gasteiger partial charge in [0.25, 0.3) is 0 Å². The van der Waals surface area contributed by atoms with Gasteiger partial charge in [-0.2, -0.15) is 0 Å². The molecular formula is C17H26N2O2. The second-order valence-corrected chi connectivity index (χ2v) is 5.80. The Labute approximate surface area is 126 Å². The van der Waals surface area contributed by atoms with Gasteiger partial charge in [-0.3, -0.25) is 4.79 Å². The summed E-state index contributed by atoms with van der Waals surface area (Å²) in [5, 5.41) is 8.93. The molecule has 116 valence electrons. The molecule has 2 rings (SSSR count). The summed E-state index contributed by atoms with van der Waals surface area (Å²) in [5.74, 6) is 0.210. The number of rotatable bonds is 7. The highest BCUT2D eigenvalue weighted by atomic mass is 16.3. The second kappa shape index (κ2) is 8.15. The minimum absolute atomic E-state index is 0.0753. The molecule has 3 N–H and O–H groups in total. The maximum absolute atomic E-state index is 12.4. The van der Waals surface area contributed by atoms with Crippen molar-refractivity contribution in [2.45, 2.75) is 50.6 Å². The lowest BCUT2D eigenvalue weighted by molar-refractivity contribution is -0.132. The molecule has 1 aliphatic heterocycles. The minimum Gasteiger partial charge on any atom is -0.396 e. The number of benzene rings is 1. The van der Waals surface area contributed by atoms with Gasteiger partial charge in [0.05, 0.1) is 0 Å². The topological polar surface area (TPSA) is 66.6 Å². The van der Waals surface area contributed by atoms with E-state index in [0.29, 0.717) is 18.9 Å². The standard InChI is InChI=1S/C17H26N2O2/c18-16(14-6-2-1-3-7-14)10-11-17(21)19-12-4-8-15(19)9-5-13-20/h1-3,6-7,15-16,20H,4-5,8-13,18H2. The van der Waals surface area contributed by atoms with E-state index in [2.05, 4.69) is 0 Å². The van der Waals surface area contributed by atoms with Crippen molar-refractivity contribution in [3.63, 3.8) is 0 Å². The number of hydrogen-bond acceptors (Lipinski definition) is 3. The summed E-state index contributed by atoms with van der Waals surface area (Å²) in [4.78, 5) is 14.4. The molecule has 0 aromatic heterocycles. The maximum Gasteiger partial charge on any atom is 0.222 e. The van der Waals surface area contributed by atoms with Crippen molar-refractivity contribution >= 4 is 5.91 Å². The van der Waals surface area contributed by atoms with Crippen LogP contribution in [0.4, 0.5) is 0 Å². The zero-order chi connectivity index (χ0) is 15.1. The minimum atomic E-state index is -0.0753. The lowest BCUT2D eigenvalue weighted by atomic mass is 10.0. The van der Waals surface area contributed by atoms with E-state index in [-0.39, 0.29) is 18.6 Å². The normalized spacial score (nSPS) is 19.7. The van der Waals surface area contributed by atoms with Crippen LogP contribution in [0.2, 0.25) is 0 Å². The number of aliphatic hydroxyl groups is 1. The Hall–Kier alpha value is -1.39. The van der Waals surface area contributed by atoms with Crippen molar-refractivity contribution in [1.29, 1.82) is 0 Å². The largest absolute Gasteiger partial charge is 0.396 e. The fourth-order valence-electron chi connectivity index (χ4n) is 3.08. The fourth-order valence-corrected chi connectivity index (χ4v) is 3.08. The van der Waals surface area contributed by atoms with Crippen LogP contribution in [0.15, 0.2) is 30.3 Å². The number of aliphatic hydroxyl groups excluding tert-OH is 1. The van der Waals surface area contributed by atoms with E-state index in [4.69, 9.17) is 10.8 Å². The monoisotopic (exact) mass is 290 g/mol. The summed E-state index contributed by atoms with van der Waals surface area (Å²) < 4.78 is 0. The van der Waals surface area contributed by atoms with E-state index in [1.807, 2.05) is 35.2 Å². The third kappa shape index (κ3) is 4.55. The number of carbonyl (C=O) groups excluding carboxylic acids is 1. The van der Waals surface area contributed by atoms with E-state index in [0.717, 1.165) is 37.8 Å². The van der Waals surface area contributed by atoms with Gasteiger partial charge in [0.15, 0.2) is 0 Å². The Bertz CT molecular complexity index is 436. The molecule has 0 radical (unpaired) electrons. The number of hydrogen-bond donors (Lipinski definition) is 2. The molecule has 0 spiro atoms. The van der Waals surface area contributed by atoms with Crippen molar-refractivity contribution in [2.24, 2.45) is 5.73 Å². The van der Waals surface area contributed by atoms with Crippen LogP contribution in [0.5, 0.6) is 0 Å². The van der Waals surface area contributed by atoms with Crippen LogP contribution in [0.1, 0.15) is 50.1 Å². The summed E-state index contributed by atoms with van der Waals surface area (Å²) in [6.45, 7) is 1.06. The quantitative estimate of drug-likeness (QED) is 0.809. The lowest BCUT2D eigenvalue weighted by Gasteiger charge is -2.25. The molecule has 1 heterocycles. The predicted molar refractivity (Wildman–Crippen MR) is 83.7 cm³/mol. The Kier molecular flexibility index (Phi) is 6.21. The summed E-state index contributed by atoms with van der Waals surface area (Å²) in [7, 11) is 0. The van der Waals surface area contributed by atoms with Crippen LogP contribution in [-0.2, 0) is 4.79 Å². The maximum atomic E-state index is 12.4. The number of nitrogens with two attached hydrogens (primary N) is 1. The molecule has 0 saturated carbocycles. The molecule has 4 nitrogen and oxygen atoms in total. The van der Waals surface area contributed by atoms with Gasteiger partial charge in [-0.1, -0.05) is 30.3 Å². The zero-order valence-corrected chi connectivity index (χ0v) is 12.6. The molecule has 1 aromatic carbocycles. The van der Waals surface area contributed by atoms with Crippen molar-refractivity contribution < 1.29 is 9.90 Å². The molecule has 1 aromatic rings. The molecule has 21 heavy (non-hydrogen) atoms. The van der Waals surface area contributed by atoms with Crippen LogP contribution in [0.25, 0.3) is 0 Å². The highest BCUT2D eigenvalue weighted by Crippen LogP contribution is 2.24. The highest BCUT2D eigenvalue weighted by Gasteiger charge is 2.27. The van der Waals surface area contributed by atoms with Crippen LogP contribution in [0, 0.1) is 0 Å². The number of carbonyl (C=O) groups is 1. The molecular weight excluding hydrogens is 264 g/mol. The van der Waals surface area contributed by atoms with Crippen molar-refractivity contribution in [2.75, 3.05) is 13.2 Å². The summed E-state index contributed by atoms with van der Waals surface area (Å²) >= 11 is 0. The molecule has 4 heteroatoms. The van der Waals surface area contributed by atoms with Gasteiger partial charge in [0.1, 0.15) is 0 Å². The number of likely N-dealkylation sites (tertiary alicyclic amines) is 1. The van der Waals surface area contributed by atoms with Gasteiger partial charge in [0, 0.05) is 31.7 Å². The van der Waals surface area contributed by atoms with Crippen molar-refractivity contribution in [3.8, 4) is 0 Å². The molecule has 1 amide bonds. The van der Waals surface area contributed by atoms with Crippen LogP contribution < -0.4 is 5.73 Å². The first-order chi connectivity index (χ1) is 10.2. The SMILES string of the molecule is NC(CCC(=O)N1CCCC1CCCO)c1ccccc1. The zero-order valence-electron chi connectivity index (χ0n) is 12.6. The summed E-state index contributed by atoms with van der Waals surface area (Å²) in [6.07, 6.45) is 5.02. The second-order valence-electron chi connectivity index (χ2n) is 5.80. The Balaban J connectivity index is 1.81. The van der Waals surface area contributed by atoms with Gasteiger partial charge < -0.3 is 15.7 Å². The fraction of sp³-hybridized carbons (Fsp3) is 0.588. The number of nitrogens with zero attached hydrogens (tertiary/aromatic N) is 1. The molecule has 2 atom stereocenters. The Morgan fingerprint density at radius 3 is 2.86 bits per heavy atom. The van der Waals surface area contributed by atoms with Crippen LogP contribution >= 0.6 is 0 Å². The van der Waals surface area contributed by atoms with E-state index in [9.17, 15) is 4.79 Å².